The van der Waals surface area contributed by atoms with Crippen molar-refractivity contribution in [1.82, 2.24) is 30.3 Å². The highest BCUT2D eigenvalue weighted by molar-refractivity contribution is 7.16. The number of hydrogen-bond donors (Lipinski definition) is 2. The van der Waals surface area contributed by atoms with Gasteiger partial charge in [-0.3, -0.25) is 4.90 Å². The zero-order valence-electron chi connectivity index (χ0n) is 23.2. The normalized spacial score (nSPS) is 28.6. The van der Waals surface area contributed by atoms with Crippen molar-refractivity contribution in [3.05, 3.63) is 28.0 Å². The molecule has 3 aromatic heterocycles. The first kappa shape index (κ1) is 25.7. The number of aromatic nitrogens is 4. The van der Waals surface area contributed by atoms with Crippen molar-refractivity contribution >= 4 is 22.2 Å². The van der Waals surface area contributed by atoms with Crippen LogP contribution in [-0.2, 0) is 11.8 Å². The van der Waals surface area contributed by atoms with E-state index >= 15 is 0 Å². The number of likely N-dealkylation sites (tertiary alicyclic amines) is 1. The van der Waals surface area contributed by atoms with E-state index in [4.69, 9.17) is 29.9 Å². The molecule has 5 atom stereocenters. The fraction of sp³-hybridized carbons (Fsp3) is 0.607. The third kappa shape index (κ3) is 4.14. The van der Waals surface area contributed by atoms with Gasteiger partial charge < -0.3 is 25.2 Å². The quantitative estimate of drug-likeness (QED) is 0.458. The van der Waals surface area contributed by atoms with Crippen molar-refractivity contribution in [1.29, 1.82) is 5.26 Å². The maximum Gasteiger partial charge on any atom is 0.319 e. The van der Waals surface area contributed by atoms with E-state index in [0.717, 1.165) is 68.0 Å². The Labute approximate surface area is 237 Å². The number of ether oxygens (including phenoxy) is 1. The highest BCUT2D eigenvalue weighted by Gasteiger charge is 2.43. The Morgan fingerprint density at radius 1 is 1.32 bits per heavy atom. The first-order valence-corrected chi connectivity index (χ1v) is 15.1. The molecule has 3 N–H and O–H groups in total. The number of nitrogens with two attached hydrogens (primary N) is 1. The molecule has 1 aliphatic carbocycles. The number of aryl methyl sites for hydroxylation is 1. The van der Waals surface area contributed by atoms with Crippen molar-refractivity contribution in [3.8, 4) is 23.6 Å². The minimum absolute atomic E-state index is 0.0545. The number of nitrogen functional groups attached to an aromatic ring is 1. The fourth-order valence-corrected chi connectivity index (χ4v) is 8.39. The first-order chi connectivity index (χ1) is 19.3. The largest absolute Gasteiger partial charge is 0.459 e. The molecule has 2 bridgehead atoms. The summed E-state index contributed by atoms with van der Waals surface area (Å²) in [5.74, 6) is 1.70. The minimum Gasteiger partial charge on any atom is -0.459 e. The summed E-state index contributed by atoms with van der Waals surface area (Å²) < 4.78 is 12.3. The van der Waals surface area contributed by atoms with Crippen LogP contribution < -0.4 is 20.7 Å². The van der Waals surface area contributed by atoms with Crippen molar-refractivity contribution in [2.75, 3.05) is 37.3 Å². The lowest BCUT2D eigenvalue weighted by Crippen LogP contribution is -2.44. The Hall–Kier alpha value is -3.27. The van der Waals surface area contributed by atoms with E-state index in [0.29, 0.717) is 52.1 Å². The lowest BCUT2D eigenvalue weighted by molar-refractivity contribution is 0.112. The van der Waals surface area contributed by atoms with Gasteiger partial charge in [0.1, 0.15) is 28.7 Å². The van der Waals surface area contributed by atoms with Gasteiger partial charge in [-0.1, -0.05) is 5.16 Å². The van der Waals surface area contributed by atoms with Crippen molar-refractivity contribution in [3.63, 3.8) is 0 Å². The zero-order valence-corrected chi connectivity index (χ0v) is 24.0. The molecule has 0 spiro atoms. The van der Waals surface area contributed by atoms with E-state index in [-0.39, 0.29) is 6.10 Å². The predicted octanol–water partition coefficient (Wildman–Crippen LogP) is 3.10. The summed E-state index contributed by atoms with van der Waals surface area (Å²) in [6.07, 6.45) is 5.98. The summed E-state index contributed by atoms with van der Waals surface area (Å²) >= 11 is 1.50. The van der Waals surface area contributed by atoms with Crippen LogP contribution in [0.4, 0.5) is 10.8 Å². The molecule has 3 aliphatic heterocycles. The molecule has 3 fully saturated rings. The van der Waals surface area contributed by atoms with Crippen LogP contribution in [0.1, 0.15) is 67.8 Å². The van der Waals surface area contributed by atoms with E-state index < -0.39 is 5.41 Å². The number of piperazine rings is 1. The Kier molecular flexibility index (Phi) is 6.21. The Morgan fingerprint density at radius 3 is 2.92 bits per heavy atom. The topological polar surface area (TPSA) is 142 Å². The molecule has 12 heteroatoms. The second-order valence-corrected chi connectivity index (χ2v) is 13.1. The summed E-state index contributed by atoms with van der Waals surface area (Å²) in [5.41, 5.74) is 7.67. The van der Waals surface area contributed by atoms with Gasteiger partial charge in [0.15, 0.2) is 0 Å². The molecule has 210 valence electrons. The van der Waals surface area contributed by atoms with Crippen molar-refractivity contribution in [2.45, 2.75) is 82.0 Å². The minimum atomic E-state index is -0.589. The maximum atomic E-state index is 9.87. The smallest absolute Gasteiger partial charge is 0.319 e. The molecular formula is C28H35N9O2S. The SMILES string of the molecule is C[C@H](Oc1nc(-c2noc([C@@]3(C)CCCc4sc(N)c(C#N)c43)n2)cc(N2C[C@@H]3CC2CN3)n1)[C@@H]1CCCN1C. The number of likely N-dealkylation sites (N-methyl/N-ethyl adjacent to an activating group) is 1. The van der Waals surface area contributed by atoms with Crippen LogP contribution in [0.5, 0.6) is 6.01 Å². The van der Waals surface area contributed by atoms with E-state index in [9.17, 15) is 5.26 Å². The monoisotopic (exact) mass is 561 g/mol. The number of nitrogens with one attached hydrogen (secondary N) is 1. The lowest BCUT2D eigenvalue weighted by atomic mass is 9.72. The zero-order chi connectivity index (χ0) is 27.6. The number of fused-ring (bicyclic) bond motifs is 3. The van der Waals surface area contributed by atoms with Crippen LogP contribution in [0.15, 0.2) is 10.6 Å². The van der Waals surface area contributed by atoms with Crippen LogP contribution in [0, 0.1) is 11.3 Å². The van der Waals surface area contributed by atoms with Gasteiger partial charge in [-0.05, 0) is 66.0 Å². The molecule has 4 aliphatic rings. The molecule has 0 saturated carbocycles. The molecule has 0 radical (unpaired) electrons. The Balaban J connectivity index is 1.25. The van der Waals surface area contributed by atoms with E-state index in [1.807, 2.05) is 6.07 Å². The van der Waals surface area contributed by atoms with Crippen LogP contribution in [-0.4, -0.2) is 75.9 Å². The number of anilines is 2. The van der Waals surface area contributed by atoms with Crippen LogP contribution in [0.25, 0.3) is 11.5 Å². The summed E-state index contributed by atoms with van der Waals surface area (Å²) in [6, 6.07) is 5.80. The number of nitrogens with zero attached hydrogens (tertiary/aromatic N) is 7. The third-order valence-corrected chi connectivity index (χ3v) is 10.4. The summed E-state index contributed by atoms with van der Waals surface area (Å²) in [6.45, 7) is 7.09. The van der Waals surface area contributed by atoms with E-state index in [1.54, 1.807) is 0 Å². The summed E-state index contributed by atoms with van der Waals surface area (Å²) in [5, 5.41) is 18.4. The van der Waals surface area contributed by atoms with Gasteiger partial charge in [-0.15, -0.1) is 11.3 Å². The van der Waals surface area contributed by atoms with Gasteiger partial charge in [0.05, 0.1) is 11.0 Å². The molecule has 0 amide bonds. The Morgan fingerprint density at radius 2 is 2.20 bits per heavy atom. The van der Waals surface area contributed by atoms with Gasteiger partial charge in [-0.2, -0.15) is 20.2 Å². The molecule has 11 nitrogen and oxygen atoms in total. The van der Waals surface area contributed by atoms with Gasteiger partial charge in [0.25, 0.3) is 0 Å². The Bertz CT molecular complexity index is 1480. The van der Waals surface area contributed by atoms with Crippen LogP contribution in [0.3, 0.4) is 0 Å². The summed E-state index contributed by atoms with van der Waals surface area (Å²) in [7, 11) is 2.14. The van der Waals surface area contributed by atoms with Crippen LogP contribution in [0.2, 0.25) is 0 Å². The molecule has 6 heterocycles. The molecule has 0 aromatic carbocycles. The van der Waals surface area contributed by atoms with Crippen LogP contribution >= 0.6 is 11.3 Å². The molecule has 7 rings (SSSR count). The van der Waals surface area contributed by atoms with E-state index in [1.165, 1.54) is 17.8 Å². The molecular weight excluding hydrogens is 526 g/mol. The number of hydrogen-bond acceptors (Lipinski definition) is 12. The van der Waals surface area contributed by atoms with Gasteiger partial charge in [0, 0.05) is 47.7 Å². The molecule has 3 saturated heterocycles. The molecule has 3 aromatic rings. The number of nitriles is 1. The third-order valence-electron chi connectivity index (χ3n) is 9.33. The fourth-order valence-electron chi connectivity index (χ4n) is 7.20. The summed E-state index contributed by atoms with van der Waals surface area (Å²) in [4.78, 5) is 20.4. The van der Waals surface area contributed by atoms with Crippen molar-refractivity contribution < 1.29 is 9.26 Å². The van der Waals surface area contributed by atoms with Gasteiger partial charge in [-0.25, -0.2) is 0 Å². The molecule has 40 heavy (non-hydrogen) atoms. The average Bonchev–Trinajstić information content (AvgIpc) is 3.77. The first-order valence-electron chi connectivity index (χ1n) is 14.3. The lowest BCUT2D eigenvalue weighted by Gasteiger charge is -2.30. The van der Waals surface area contributed by atoms with Gasteiger partial charge in [0.2, 0.25) is 11.7 Å². The second kappa shape index (κ2) is 9.68. The predicted molar refractivity (Wildman–Crippen MR) is 151 cm³/mol. The van der Waals surface area contributed by atoms with Crippen molar-refractivity contribution in [2.24, 2.45) is 0 Å². The maximum absolute atomic E-state index is 9.87. The number of rotatable bonds is 6. The average molecular weight is 562 g/mol. The van der Waals surface area contributed by atoms with E-state index in [2.05, 4.69) is 47.2 Å². The standard InChI is InChI=1S/C28H35N9O2S/c1-15(20-6-5-9-36(20)3)38-27-32-19(11-22(33-27)37-14-16-10-17(37)13-31-16)25-34-26(39-35-25)28(2)8-4-7-21-23(28)18(12-29)24(30)40-21/h11,15-17,20,31H,4-10,13-14,30H2,1-3H3/t15-,16-,17?,20-,28-/m0/s1. The highest BCUT2D eigenvalue weighted by atomic mass is 32.1. The van der Waals surface area contributed by atoms with Gasteiger partial charge >= 0.3 is 6.01 Å². The molecule has 1 unspecified atom stereocenters. The highest BCUT2D eigenvalue weighted by Crippen LogP contribution is 2.48. The number of thiophene rings is 1. The second-order valence-electron chi connectivity index (χ2n) is 11.9.